The van der Waals surface area contributed by atoms with Crippen molar-refractivity contribution in [1.29, 1.82) is 5.41 Å². The Morgan fingerprint density at radius 2 is 2.15 bits per heavy atom. The van der Waals surface area contributed by atoms with Crippen molar-refractivity contribution < 1.29 is 0 Å². The lowest BCUT2D eigenvalue weighted by Crippen LogP contribution is -2.59. The van der Waals surface area contributed by atoms with Gasteiger partial charge in [-0.2, -0.15) is 0 Å². The zero-order valence-corrected chi connectivity index (χ0v) is 13.2. The van der Waals surface area contributed by atoms with Crippen LogP contribution in [0.25, 0.3) is 0 Å². The zero-order valence-electron chi connectivity index (χ0n) is 13.2. The molecule has 1 aliphatic heterocycles. The summed E-state index contributed by atoms with van der Waals surface area (Å²) >= 11 is 0. The summed E-state index contributed by atoms with van der Waals surface area (Å²) in [5.74, 6) is 0. The summed E-state index contributed by atoms with van der Waals surface area (Å²) in [6.07, 6.45) is 10.6. The van der Waals surface area contributed by atoms with Crippen LogP contribution in [0.5, 0.6) is 0 Å². The maximum atomic E-state index is 7.89. The van der Waals surface area contributed by atoms with Crippen LogP contribution in [0.1, 0.15) is 34.1 Å². The van der Waals surface area contributed by atoms with Crippen LogP contribution in [-0.2, 0) is 0 Å². The van der Waals surface area contributed by atoms with Gasteiger partial charge < -0.3 is 10.3 Å². The average Bonchev–Trinajstić information content (AvgIpc) is 2.45. The first-order valence-corrected chi connectivity index (χ1v) is 7.14. The van der Waals surface area contributed by atoms with Crippen molar-refractivity contribution >= 4 is 12.4 Å². The Morgan fingerprint density at radius 3 is 2.70 bits per heavy atom. The quantitative estimate of drug-likeness (QED) is 0.774. The highest BCUT2D eigenvalue weighted by molar-refractivity contribution is 5.80. The fraction of sp³-hybridized carbons (Fsp3) is 0.529. The summed E-state index contributed by atoms with van der Waals surface area (Å²) in [7, 11) is 2.04. The van der Waals surface area contributed by atoms with Crippen LogP contribution in [0.3, 0.4) is 0 Å². The van der Waals surface area contributed by atoms with Gasteiger partial charge in [0.05, 0.1) is 5.41 Å². The molecule has 2 aliphatic rings. The number of aliphatic imine (C=N–C) groups is 1. The van der Waals surface area contributed by atoms with E-state index >= 15 is 0 Å². The Hall–Kier alpha value is -1.64. The molecular formula is C17H25N3. The maximum Gasteiger partial charge on any atom is 0.0524 e. The third-order valence-electron chi connectivity index (χ3n) is 5.75. The van der Waals surface area contributed by atoms with Crippen LogP contribution >= 0.6 is 0 Å². The third kappa shape index (κ3) is 1.58. The Labute approximate surface area is 122 Å². The van der Waals surface area contributed by atoms with E-state index in [0.29, 0.717) is 0 Å². The molecule has 1 unspecified atom stereocenters. The fourth-order valence-corrected chi connectivity index (χ4v) is 3.37. The van der Waals surface area contributed by atoms with Crippen molar-refractivity contribution in [3.05, 3.63) is 36.3 Å². The van der Waals surface area contributed by atoms with Crippen LogP contribution in [0.2, 0.25) is 0 Å². The van der Waals surface area contributed by atoms with Crippen molar-refractivity contribution in [2.45, 2.75) is 34.1 Å². The van der Waals surface area contributed by atoms with Crippen molar-refractivity contribution in [2.75, 3.05) is 7.05 Å². The van der Waals surface area contributed by atoms with E-state index in [-0.39, 0.29) is 16.2 Å². The van der Waals surface area contributed by atoms with Crippen LogP contribution < -0.4 is 0 Å². The predicted octanol–water partition coefficient (Wildman–Crippen LogP) is 4.01. The molecule has 2 rings (SSSR count). The summed E-state index contributed by atoms with van der Waals surface area (Å²) in [6, 6.07) is 0. The number of rotatable bonds is 3. The lowest BCUT2D eigenvalue weighted by molar-refractivity contribution is 0.0538. The Balaban J connectivity index is 2.60. The number of nitrogens with one attached hydrogen (secondary N) is 1. The maximum absolute atomic E-state index is 7.89. The predicted molar refractivity (Wildman–Crippen MR) is 86.0 cm³/mol. The number of hydrogen-bond acceptors (Lipinski definition) is 3. The number of nitrogens with zero attached hydrogens (tertiary/aromatic N) is 2. The topological polar surface area (TPSA) is 39.5 Å². The van der Waals surface area contributed by atoms with Gasteiger partial charge in [-0.15, -0.1) is 0 Å². The molecule has 0 aromatic heterocycles. The molecule has 1 aliphatic carbocycles. The fourth-order valence-electron chi connectivity index (χ4n) is 3.37. The van der Waals surface area contributed by atoms with E-state index in [1.807, 2.05) is 19.3 Å². The molecular weight excluding hydrogens is 246 g/mol. The minimum Gasteiger partial charge on any atom is -0.348 e. The van der Waals surface area contributed by atoms with Crippen molar-refractivity contribution in [3.8, 4) is 0 Å². The molecule has 0 aromatic rings. The highest BCUT2D eigenvalue weighted by Crippen LogP contribution is 2.64. The molecule has 0 aromatic carbocycles. The van der Waals surface area contributed by atoms with E-state index in [1.54, 1.807) is 12.4 Å². The van der Waals surface area contributed by atoms with Gasteiger partial charge in [0.15, 0.2) is 0 Å². The van der Waals surface area contributed by atoms with Crippen molar-refractivity contribution in [1.82, 2.24) is 4.90 Å². The Kier molecular flexibility index (Phi) is 3.28. The zero-order chi connectivity index (χ0) is 15.2. The highest BCUT2D eigenvalue weighted by Gasteiger charge is 2.61. The monoisotopic (exact) mass is 271 g/mol. The standard InChI is InChI=1S/C17H25N3/c1-7-15(3,11-18)17(5)10-14-16(17,4)12-19-9-8-13(2)20(14)6/h8-12,18H,2,7H2,1,3-6H3/b9-8-,18-11?,19-12-/t15?,16-,17-/m0/s1. The normalized spacial score (nSPS) is 38.5. The van der Waals surface area contributed by atoms with Gasteiger partial charge in [0.2, 0.25) is 0 Å². The first kappa shape index (κ1) is 14.8. The van der Waals surface area contributed by atoms with Crippen molar-refractivity contribution in [3.63, 3.8) is 0 Å². The molecule has 0 fully saturated rings. The molecule has 0 amide bonds. The van der Waals surface area contributed by atoms with E-state index in [4.69, 9.17) is 5.41 Å². The molecule has 0 spiro atoms. The van der Waals surface area contributed by atoms with E-state index in [1.165, 1.54) is 5.70 Å². The first-order chi connectivity index (χ1) is 9.25. The molecule has 3 atom stereocenters. The first-order valence-electron chi connectivity index (χ1n) is 7.14. The number of fused-ring (bicyclic) bond motifs is 1. The van der Waals surface area contributed by atoms with Gasteiger partial charge >= 0.3 is 0 Å². The van der Waals surface area contributed by atoms with Gasteiger partial charge in [-0.1, -0.05) is 33.4 Å². The van der Waals surface area contributed by atoms with Gasteiger partial charge in [0.25, 0.3) is 0 Å². The molecule has 1 heterocycles. The summed E-state index contributed by atoms with van der Waals surface area (Å²) in [5, 5.41) is 7.89. The highest BCUT2D eigenvalue weighted by atomic mass is 15.2. The van der Waals surface area contributed by atoms with E-state index in [2.05, 4.69) is 50.2 Å². The lowest BCUT2D eigenvalue weighted by atomic mass is 9.45. The average molecular weight is 271 g/mol. The second-order valence-electron chi connectivity index (χ2n) is 6.49. The second-order valence-corrected chi connectivity index (χ2v) is 6.49. The molecule has 1 N–H and O–H groups in total. The number of hydrogen-bond donors (Lipinski definition) is 1. The molecule has 108 valence electrons. The smallest absolute Gasteiger partial charge is 0.0524 e. The largest absolute Gasteiger partial charge is 0.348 e. The molecule has 0 saturated heterocycles. The summed E-state index contributed by atoms with van der Waals surface area (Å²) in [5.41, 5.74) is 1.68. The van der Waals surface area contributed by atoms with Gasteiger partial charge in [0, 0.05) is 47.9 Å². The van der Waals surface area contributed by atoms with Gasteiger partial charge in [0.1, 0.15) is 0 Å². The van der Waals surface area contributed by atoms with Crippen LogP contribution in [0.4, 0.5) is 0 Å². The molecule has 0 saturated carbocycles. The molecule has 0 radical (unpaired) electrons. The van der Waals surface area contributed by atoms with Crippen LogP contribution in [0, 0.1) is 21.7 Å². The van der Waals surface area contributed by atoms with Gasteiger partial charge in [-0.25, -0.2) is 0 Å². The van der Waals surface area contributed by atoms with Gasteiger partial charge in [-0.05, 0) is 19.4 Å². The SMILES string of the molecule is C=C1/C=C\N=C/[C@@]2(C)C(=C[C@@]2(C)C(C)(C=N)CC)N1C. The second kappa shape index (κ2) is 4.44. The summed E-state index contributed by atoms with van der Waals surface area (Å²) in [4.78, 5) is 6.57. The van der Waals surface area contributed by atoms with Crippen LogP contribution in [0.15, 0.2) is 41.3 Å². The molecule has 3 heteroatoms. The van der Waals surface area contributed by atoms with Crippen molar-refractivity contribution in [2.24, 2.45) is 21.2 Å². The van der Waals surface area contributed by atoms with E-state index < -0.39 is 0 Å². The molecule has 3 nitrogen and oxygen atoms in total. The number of allylic oxidation sites excluding steroid dienone is 3. The Bertz CT molecular complexity index is 542. The summed E-state index contributed by atoms with van der Waals surface area (Å²) < 4.78 is 0. The third-order valence-corrected chi connectivity index (χ3v) is 5.75. The minimum atomic E-state index is -0.183. The molecule has 20 heavy (non-hydrogen) atoms. The minimum absolute atomic E-state index is 0.116. The van der Waals surface area contributed by atoms with Crippen LogP contribution in [-0.4, -0.2) is 24.4 Å². The lowest BCUT2D eigenvalue weighted by Gasteiger charge is -2.61. The van der Waals surface area contributed by atoms with E-state index in [9.17, 15) is 0 Å². The molecule has 0 bridgehead atoms. The summed E-state index contributed by atoms with van der Waals surface area (Å²) in [6.45, 7) is 12.8. The van der Waals surface area contributed by atoms with E-state index in [0.717, 1.165) is 12.1 Å². The Morgan fingerprint density at radius 1 is 1.50 bits per heavy atom. The number of likely N-dealkylation sites (N-methyl/N-ethyl adjacent to an activating group) is 1. The van der Waals surface area contributed by atoms with Gasteiger partial charge in [-0.3, -0.25) is 4.99 Å².